The molecule has 2 atom stereocenters. The number of aliphatic hydroxyl groups is 2. The normalized spacial score (nSPS) is 17.9. The number of aromatic nitrogens is 4. The number of anilines is 2. The highest BCUT2D eigenvalue weighted by Crippen LogP contribution is 2.45. The fourth-order valence-corrected chi connectivity index (χ4v) is 6.02. The second-order valence-electron chi connectivity index (χ2n) is 11.3. The second kappa shape index (κ2) is 12.5. The van der Waals surface area contributed by atoms with Crippen LogP contribution < -0.4 is 9.80 Å². The molecule has 3 aromatic rings. The molecule has 15 heteroatoms. The van der Waals surface area contributed by atoms with Crippen molar-refractivity contribution in [1.29, 1.82) is 0 Å². The summed E-state index contributed by atoms with van der Waals surface area (Å²) in [6.45, 7) is 3.28. The summed E-state index contributed by atoms with van der Waals surface area (Å²) >= 11 is 0. The van der Waals surface area contributed by atoms with Crippen LogP contribution in [0.4, 0.5) is 38.0 Å². The summed E-state index contributed by atoms with van der Waals surface area (Å²) in [5, 5.41) is 32.8. The van der Waals surface area contributed by atoms with E-state index in [4.69, 9.17) is 4.74 Å². The molecule has 0 fully saturated rings. The number of aryl methyl sites for hydroxylation is 1. The zero-order valence-corrected chi connectivity index (χ0v) is 24.2. The Labute approximate surface area is 250 Å². The molecule has 5 rings (SSSR count). The van der Waals surface area contributed by atoms with Gasteiger partial charge in [-0.05, 0) is 91.6 Å². The Morgan fingerprint density at radius 2 is 1.73 bits per heavy atom. The van der Waals surface area contributed by atoms with Crippen LogP contribution in [0.3, 0.4) is 0 Å². The second-order valence-corrected chi connectivity index (χ2v) is 11.3. The summed E-state index contributed by atoms with van der Waals surface area (Å²) in [7, 11) is 0. The van der Waals surface area contributed by atoms with E-state index in [2.05, 4.69) is 15.4 Å². The molecule has 2 aromatic carbocycles. The molecular weight excluding hydrogens is 594 g/mol. The van der Waals surface area contributed by atoms with Gasteiger partial charge in [0, 0.05) is 18.8 Å². The molecule has 240 valence electrons. The molecule has 0 saturated heterocycles. The van der Waals surface area contributed by atoms with E-state index >= 15 is 0 Å². The van der Waals surface area contributed by atoms with Crippen LogP contribution in [0.15, 0.2) is 30.3 Å². The van der Waals surface area contributed by atoms with Crippen LogP contribution in [0.25, 0.3) is 0 Å². The first-order valence-electron chi connectivity index (χ1n) is 14.4. The number of ether oxygens (including phenoxy) is 1. The minimum atomic E-state index is -5.01. The molecule has 1 aromatic heterocycles. The first-order valence-corrected chi connectivity index (χ1v) is 14.4. The highest BCUT2D eigenvalue weighted by molar-refractivity contribution is 5.66. The number of nitrogens with zero attached hydrogens (tertiary/aromatic N) is 6. The highest BCUT2D eigenvalue weighted by Gasteiger charge is 2.39. The van der Waals surface area contributed by atoms with Crippen LogP contribution in [-0.4, -0.2) is 56.1 Å². The van der Waals surface area contributed by atoms with Gasteiger partial charge in [-0.25, -0.2) is 0 Å². The molecule has 1 unspecified atom stereocenters. The van der Waals surface area contributed by atoms with Gasteiger partial charge in [0.25, 0.3) is 5.95 Å². The van der Waals surface area contributed by atoms with Crippen LogP contribution >= 0.6 is 0 Å². The Hall–Kier alpha value is -3.43. The van der Waals surface area contributed by atoms with Crippen molar-refractivity contribution in [2.24, 2.45) is 0 Å². The lowest BCUT2D eigenvalue weighted by Crippen LogP contribution is -2.40. The van der Waals surface area contributed by atoms with E-state index in [0.29, 0.717) is 31.5 Å². The maximum Gasteiger partial charge on any atom is 0.416 e. The molecular formula is C29H34F6N6O3. The summed E-state index contributed by atoms with van der Waals surface area (Å²) in [6, 6.07) is 4.77. The maximum atomic E-state index is 13.7. The smallest absolute Gasteiger partial charge is 0.394 e. The van der Waals surface area contributed by atoms with E-state index in [1.165, 1.54) is 0 Å². The van der Waals surface area contributed by atoms with Gasteiger partial charge in [-0.2, -0.15) is 31.1 Å². The largest absolute Gasteiger partial charge is 0.416 e. The number of fused-ring (bicyclic) bond motifs is 3. The molecule has 0 saturated carbocycles. The van der Waals surface area contributed by atoms with Gasteiger partial charge in [-0.3, -0.25) is 0 Å². The van der Waals surface area contributed by atoms with Crippen molar-refractivity contribution in [3.8, 4) is 0 Å². The van der Waals surface area contributed by atoms with E-state index in [1.54, 1.807) is 23.6 Å². The summed E-state index contributed by atoms with van der Waals surface area (Å²) in [5.74, 6) is -0.0201. The average Bonchev–Trinajstić information content (AvgIpc) is 3.56. The van der Waals surface area contributed by atoms with Crippen LogP contribution in [0, 0.1) is 0 Å². The lowest BCUT2D eigenvalue weighted by atomic mass is 9.94. The fraction of sp³-hybridized carbons (Fsp3) is 0.552. The van der Waals surface area contributed by atoms with Crippen LogP contribution in [0.5, 0.6) is 0 Å². The number of alkyl halides is 6. The van der Waals surface area contributed by atoms with Crippen LogP contribution in [0.1, 0.15) is 72.5 Å². The Balaban J connectivity index is 1.65. The SMILES string of the molecule is CC(C)OC(O)N1CCC[C@H](N(Cc2cc(C(F)(F)F)cc(C(F)(F)F)c2)c2nnn(CCO)n2)c2ccc3c(c21)CCC3. The minimum absolute atomic E-state index is 0.0100. The highest BCUT2D eigenvalue weighted by atomic mass is 19.4. The van der Waals surface area contributed by atoms with E-state index < -0.39 is 42.5 Å². The molecule has 2 N–H and O–H groups in total. The lowest BCUT2D eigenvalue weighted by Gasteiger charge is -2.35. The van der Waals surface area contributed by atoms with Gasteiger partial charge in [0.2, 0.25) is 6.41 Å². The van der Waals surface area contributed by atoms with Gasteiger partial charge in [0.05, 0.1) is 36.4 Å². The number of hydrogen-bond acceptors (Lipinski definition) is 8. The fourth-order valence-electron chi connectivity index (χ4n) is 6.02. The van der Waals surface area contributed by atoms with Gasteiger partial charge in [-0.15, -0.1) is 5.10 Å². The minimum Gasteiger partial charge on any atom is -0.394 e. The predicted molar refractivity (Wildman–Crippen MR) is 148 cm³/mol. The van der Waals surface area contributed by atoms with Crippen LogP contribution in [-0.2, 0) is 43.0 Å². The van der Waals surface area contributed by atoms with Crippen molar-refractivity contribution in [1.82, 2.24) is 20.2 Å². The monoisotopic (exact) mass is 628 g/mol. The third-order valence-corrected chi connectivity index (χ3v) is 7.84. The summed E-state index contributed by atoms with van der Waals surface area (Å²) in [5.41, 5.74) is 0.516. The number of aliphatic hydroxyl groups excluding tert-OH is 2. The predicted octanol–water partition coefficient (Wildman–Crippen LogP) is 5.24. The maximum absolute atomic E-state index is 13.7. The third-order valence-electron chi connectivity index (χ3n) is 7.84. The van der Waals surface area contributed by atoms with E-state index in [0.717, 1.165) is 46.4 Å². The van der Waals surface area contributed by atoms with Gasteiger partial charge in [0.15, 0.2) is 0 Å². The quantitative estimate of drug-likeness (QED) is 0.245. The number of rotatable bonds is 9. The molecule has 0 amide bonds. The topological polar surface area (TPSA) is 99.8 Å². The van der Waals surface area contributed by atoms with Crippen molar-refractivity contribution < 1.29 is 41.3 Å². The zero-order chi connectivity index (χ0) is 31.8. The standard InChI is InChI=1S/C29H34F6N6O3/c1-17(2)44-27(43)39-10-4-7-24(23-9-8-19-5-3-6-22(19)25(23)39)40(26-36-38-41(37-26)11-12-42)16-18-13-20(28(30,31)32)15-21(14-18)29(33,34)35/h8-9,13-15,17,24,27,42-43H,3-7,10-12,16H2,1-2H3/t24-,27?/m0/s1. The molecule has 1 aliphatic carbocycles. The Bertz CT molecular complexity index is 1430. The van der Waals surface area contributed by atoms with Crippen molar-refractivity contribution in [2.75, 3.05) is 23.0 Å². The molecule has 0 radical (unpaired) electrons. The lowest BCUT2D eigenvalue weighted by molar-refractivity contribution is -0.143. The van der Waals surface area contributed by atoms with Crippen molar-refractivity contribution in [2.45, 2.75) is 90.0 Å². The first kappa shape index (κ1) is 32.0. The summed E-state index contributed by atoms with van der Waals surface area (Å²) in [6.07, 6.45) is -8.17. The third kappa shape index (κ3) is 6.79. The van der Waals surface area contributed by atoms with Gasteiger partial charge >= 0.3 is 12.4 Å². The van der Waals surface area contributed by atoms with Gasteiger partial charge in [0.1, 0.15) is 0 Å². The molecule has 0 bridgehead atoms. The van der Waals surface area contributed by atoms with Gasteiger partial charge in [-0.1, -0.05) is 17.2 Å². The first-order chi connectivity index (χ1) is 20.8. The number of tetrazole rings is 1. The molecule has 44 heavy (non-hydrogen) atoms. The van der Waals surface area contributed by atoms with E-state index in [-0.39, 0.29) is 36.8 Å². The Morgan fingerprint density at radius 1 is 1.02 bits per heavy atom. The Kier molecular flexibility index (Phi) is 9.10. The number of hydrogen-bond donors (Lipinski definition) is 2. The van der Waals surface area contributed by atoms with Crippen molar-refractivity contribution >= 4 is 11.6 Å². The summed E-state index contributed by atoms with van der Waals surface area (Å²) < 4.78 is 88.2. The molecule has 2 heterocycles. The van der Waals surface area contributed by atoms with E-state index in [1.807, 2.05) is 12.1 Å². The summed E-state index contributed by atoms with van der Waals surface area (Å²) in [4.78, 5) is 4.44. The van der Waals surface area contributed by atoms with Crippen LogP contribution in [0.2, 0.25) is 0 Å². The molecule has 1 aliphatic heterocycles. The number of benzene rings is 2. The van der Waals surface area contributed by atoms with E-state index in [9.17, 15) is 36.6 Å². The molecule has 2 aliphatic rings. The Morgan fingerprint density at radius 3 is 2.36 bits per heavy atom. The zero-order valence-electron chi connectivity index (χ0n) is 24.2. The van der Waals surface area contributed by atoms with Crippen molar-refractivity contribution in [3.63, 3.8) is 0 Å². The van der Waals surface area contributed by atoms with Gasteiger partial charge < -0.3 is 24.7 Å². The van der Waals surface area contributed by atoms with Crippen molar-refractivity contribution in [3.05, 3.63) is 63.7 Å². The molecule has 9 nitrogen and oxygen atoms in total. The molecule has 0 spiro atoms. The average molecular weight is 629 g/mol. The number of halogens is 6.